The summed E-state index contributed by atoms with van der Waals surface area (Å²) in [5, 5.41) is -0.140. The number of nitrogens with one attached hydrogen (secondary N) is 1. The van der Waals surface area contributed by atoms with E-state index >= 15 is 0 Å². The van der Waals surface area contributed by atoms with Gasteiger partial charge in [-0.2, -0.15) is 4.72 Å². The van der Waals surface area contributed by atoms with E-state index in [1.807, 2.05) is 0 Å². The molecule has 0 saturated carbocycles. The Kier molecular flexibility index (Phi) is 4.28. The van der Waals surface area contributed by atoms with Crippen molar-refractivity contribution in [1.82, 2.24) is 4.72 Å². The van der Waals surface area contributed by atoms with Crippen LogP contribution in [0, 0.1) is 0 Å². The van der Waals surface area contributed by atoms with E-state index in [2.05, 4.69) is 9.62 Å². The van der Waals surface area contributed by atoms with Crippen LogP contribution in [0.2, 0.25) is 0 Å². The van der Waals surface area contributed by atoms with Crippen LogP contribution in [0.5, 0.6) is 11.5 Å². The minimum atomic E-state index is -4.37. The highest BCUT2D eigenvalue weighted by molar-refractivity contribution is 8.22. The van der Waals surface area contributed by atoms with Gasteiger partial charge in [0.1, 0.15) is 16.4 Å². The van der Waals surface area contributed by atoms with Gasteiger partial charge in [0.25, 0.3) is 0 Å². The topological polar surface area (TPSA) is 122 Å². The highest BCUT2D eigenvalue weighted by atomic mass is 32.3. The second-order valence-electron chi connectivity index (χ2n) is 6.29. The molecule has 1 atom stereocenters. The zero-order chi connectivity index (χ0) is 18.5. The van der Waals surface area contributed by atoms with Gasteiger partial charge in [-0.25, -0.2) is 0 Å². The lowest BCUT2D eigenvalue weighted by molar-refractivity contribution is 0.387. The average molecular weight is 398 g/mol. The van der Waals surface area contributed by atoms with Crippen molar-refractivity contribution in [3.8, 4) is 11.5 Å². The molecular formula is C16H19N2O6PS. The molecular weight excluding hydrogens is 379 g/mol. The van der Waals surface area contributed by atoms with Gasteiger partial charge in [0.15, 0.2) is 0 Å². The van der Waals surface area contributed by atoms with E-state index in [1.54, 1.807) is 24.3 Å². The Labute approximate surface area is 152 Å². The third kappa shape index (κ3) is 3.23. The molecule has 10 heteroatoms. The smallest absolute Gasteiger partial charge is 0.356 e. The van der Waals surface area contributed by atoms with Crippen molar-refractivity contribution in [2.75, 3.05) is 11.4 Å². The molecule has 2 heterocycles. The largest absolute Gasteiger partial charge is 0.457 e. The molecule has 1 saturated heterocycles. The summed E-state index contributed by atoms with van der Waals surface area (Å²) in [5.74, 6) is 0.608. The Hall–Kier alpha value is -1.58. The maximum atomic E-state index is 11.4. The number of rotatable bonds is 3. The molecule has 26 heavy (non-hydrogen) atoms. The van der Waals surface area contributed by atoms with Crippen molar-refractivity contribution in [1.29, 1.82) is 0 Å². The van der Waals surface area contributed by atoms with Crippen LogP contribution >= 0.6 is 18.4 Å². The predicted molar refractivity (Wildman–Crippen MR) is 99.3 cm³/mol. The maximum absolute atomic E-state index is 11.4. The third-order valence-electron chi connectivity index (χ3n) is 4.49. The average Bonchev–Trinajstić information content (AvgIpc) is 3.02. The molecule has 4 rings (SSSR count). The second kappa shape index (κ2) is 6.24. The van der Waals surface area contributed by atoms with Crippen LogP contribution in [0.4, 0.5) is 5.69 Å². The van der Waals surface area contributed by atoms with Gasteiger partial charge < -0.3 is 19.4 Å². The Morgan fingerprint density at radius 2 is 1.92 bits per heavy atom. The summed E-state index contributed by atoms with van der Waals surface area (Å²) >= 11 is 0. The Morgan fingerprint density at radius 1 is 1.15 bits per heavy atom. The minimum absolute atomic E-state index is 0.0841. The van der Waals surface area contributed by atoms with Gasteiger partial charge in [0.05, 0.1) is 17.2 Å². The number of hydrogen-bond donors (Lipinski definition) is 5. The molecule has 0 spiro atoms. The fourth-order valence-electron chi connectivity index (χ4n) is 3.32. The summed E-state index contributed by atoms with van der Waals surface area (Å²) in [6.45, 7) is 0.838. The fraction of sp³-hybridized carbons (Fsp3) is 0.250. The molecule has 1 fully saturated rings. The van der Waals surface area contributed by atoms with E-state index < -0.39 is 18.4 Å². The van der Waals surface area contributed by atoms with E-state index in [0.717, 1.165) is 25.1 Å². The van der Waals surface area contributed by atoms with Crippen molar-refractivity contribution in [3.05, 3.63) is 42.5 Å². The Bertz CT molecular complexity index is 902. The quantitative estimate of drug-likeness (QED) is 0.500. The molecule has 1 unspecified atom stereocenters. The maximum Gasteiger partial charge on any atom is 0.356 e. The molecule has 2 aromatic rings. The van der Waals surface area contributed by atoms with Crippen molar-refractivity contribution in [3.63, 3.8) is 0 Å². The van der Waals surface area contributed by atoms with Gasteiger partial charge in [-0.15, -0.1) is 10.8 Å². The van der Waals surface area contributed by atoms with Crippen LogP contribution in [0.15, 0.2) is 47.4 Å². The second-order valence-corrected chi connectivity index (χ2v) is 9.67. The van der Waals surface area contributed by atoms with Crippen molar-refractivity contribution < 1.29 is 28.2 Å². The summed E-state index contributed by atoms with van der Waals surface area (Å²) in [4.78, 5) is 21.0. The zero-order valence-electron chi connectivity index (χ0n) is 13.6. The monoisotopic (exact) mass is 398 g/mol. The normalized spacial score (nSPS) is 22.5. The number of ether oxygens (including phenoxy) is 1. The van der Waals surface area contributed by atoms with Crippen molar-refractivity contribution in [2.24, 2.45) is 0 Å². The molecule has 8 nitrogen and oxygen atoms in total. The highest BCUT2D eigenvalue weighted by Crippen LogP contribution is 2.55. The van der Waals surface area contributed by atoms with E-state index in [-0.39, 0.29) is 17.2 Å². The summed E-state index contributed by atoms with van der Waals surface area (Å²) in [7, 11) is -7.51. The van der Waals surface area contributed by atoms with E-state index in [0.29, 0.717) is 10.6 Å². The van der Waals surface area contributed by atoms with Crippen LogP contribution in [0.1, 0.15) is 12.8 Å². The minimum Gasteiger partial charge on any atom is -0.457 e. The molecule has 2 aromatic carbocycles. The van der Waals surface area contributed by atoms with Crippen LogP contribution in [0.3, 0.4) is 0 Å². The predicted octanol–water partition coefficient (Wildman–Crippen LogP) is 2.84. The molecule has 0 aromatic heterocycles. The fourth-order valence-corrected chi connectivity index (χ4v) is 5.40. The highest BCUT2D eigenvalue weighted by Gasteiger charge is 2.38. The first-order valence-corrected chi connectivity index (χ1v) is 11.2. The number of nitrogens with zero attached hydrogens (tertiary/aromatic N) is 1. The van der Waals surface area contributed by atoms with Crippen molar-refractivity contribution >= 4 is 29.4 Å². The van der Waals surface area contributed by atoms with Crippen molar-refractivity contribution in [2.45, 2.75) is 23.9 Å². The zero-order valence-corrected chi connectivity index (χ0v) is 15.4. The van der Waals surface area contributed by atoms with Gasteiger partial charge >= 0.3 is 7.60 Å². The Balaban J connectivity index is 1.67. The van der Waals surface area contributed by atoms with E-state index in [4.69, 9.17) is 4.74 Å². The van der Waals surface area contributed by atoms with Gasteiger partial charge in [0.2, 0.25) is 0 Å². The van der Waals surface area contributed by atoms with Crippen LogP contribution in [-0.4, -0.2) is 31.6 Å². The molecule has 0 radical (unpaired) electrons. The van der Waals surface area contributed by atoms with Gasteiger partial charge in [-0.1, -0.05) is 6.07 Å². The lowest BCUT2D eigenvalue weighted by atomic mass is 10.2. The van der Waals surface area contributed by atoms with Gasteiger partial charge in [0, 0.05) is 12.6 Å². The van der Waals surface area contributed by atoms with E-state index in [9.17, 15) is 23.5 Å². The SMILES string of the molecule is O=P(O)(O)c1cccc(Oc2ccc3c(c2)S(O)(O)NC2CCCN32)c1. The number of fused-ring (bicyclic) bond motifs is 3. The van der Waals surface area contributed by atoms with Gasteiger partial charge in [-0.3, -0.25) is 13.7 Å². The first-order valence-electron chi connectivity index (χ1n) is 8.04. The summed E-state index contributed by atoms with van der Waals surface area (Å²) in [6.07, 6.45) is 1.74. The number of hydrogen-bond acceptors (Lipinski definition) is 6. The molecule has 140 valence electrons. The standard InChI is InChI=1S/C16H19N2O6PS/c19-25(20,21)13-4-1-3-11(9-13)24-12-6-7-14-15(10-12)26(22,23)17-16-5-2-8-18(14)16/h1,3-4,6-7,9-10,16-17,22-23H,2,5,8H2,(H2,19,20,21). The first-order chi connectivity index (χ1) is 12.2. The number of benzene rings is 2. The molecule has 0 bridgehead atoms. The molecule has 0 amide bonds. The summed E-state index contributed by atoms with van der Waals surface area (Å²) in [5.41, 5.74) is 0.766. The number of anilines is 1. The summed E-state index contributed by atoms with van der Waals surface area (Å²) < 4.78 is 40.9. The van der Waals surface area contributed by atoms with Crippen LogP contribution in [0.25, 0.3) is 0 Å². The Morgan fingerprint density at radius 3 is 2.69 bits per heavy atom. The van der Waals surface area contributed by atoms with Gasteiger partial charge in [-0.05, 0) is 43.2 Å². The lowest BCUT2D eigenvalue weighted by Gasteiger charge is -2.46. The van der Waals surface area contributed by atoms with E-state index in [1.165, 1.54) is 18.2 Å². The summed E-state index contributed by atoms with van der Waals surface area (Å²) in [6, 6.07) is 10.7. The molecule has 2 aliphatic rings. The van der Waals surface area contributed by atoms with Crippen LogP contribution < -0.4 is 19.7 Å². The van der Waals surface area contributed by atoms with Crippen LogP contribution in [-0.2, 0) is 4.57 Å². The molecule has 0 aliphatic carbocycles. The first kappa shape index (κ1) is 17.8. The molecule has 5 N–H and O–H groups in total. The third-order valence-corrected chi connectivity index (χ3v) is 6.98. The molecule has 2 aliphatic heterocycles. The lowest BCUT2D eigenvalue weighted by Crippen LogP contribution is -2.46.